The van der Waals surface area contributed by atoms with Crippen LogP contribution in [0.25, 0.3) is 0 Å². The van der Waals surface area contributed by atoms with Gasteiger partial charge in [-0.1, -0.05) is 12.1 Å². The summed E-state index contributed by atoms with van der Waals surface area (Å²) in [4.78, 5) is 10.5. The summed E-state index contributed by atoms with van der Waals surface area (Å²) in [5.74, 6) is 0.337. The van der Waals surface area contributed by atoms with Gasteiger partial charge < -0.3 is 15.2 Å². The number of aromatic hydroxyl groups is 1. The van der Waals surface area contributed by atoms with Crippen LogP contribution in [0, 0.1) is 10.1 Å². The van der Waals surface area contributed by atoms with E-state index in [4.69, 9.17) is 20.4 Å². The van der Waals surface area contributed by atoms with Gasteiger partial charge in [0, 0.05) is 6.54 Å². The second-order valence-electron chi connectivity index (χ2n) is 3.46. The summed E-state index contributed by atoms with van der Waals surface area (Å²) in [5, 5.41) is 22.7. The number of benzene rings is 1. The molecule has 0 bridgehead atoms. The van der Waals surface area contributed by atoms with Gasteiger partial charge in [-0.2, -0.15) is 0 Å². The molecule has 0 heterocycles. The molecule has 1 rings (SSSR count). The third kappa shape index (κ3) is 8.76. The molecule has 0 aliphatic heterocycles. The largest absolute Gasteiger partial charge is 0.508 e. The molecular weight excluding hydrogens is 212 g/mol. The van der Waals surface area contributed by atoms with Crippen molar-refractivity contribution < 1.29 is 15.4 Å². The Kier molecular flexibility index (Phi) is 6.62. The summed E-state index contributed by atoms with van der Waals surface area (Å²) < 4.78 is 0. The van der Waals surface area contributed by atoms with E-state index in [0.717, 1.165) is 13.0 Å². The lowest BCUT2D eigenvalue weighted by Crippen LogP contribution is -2.14. The molecular formula is C10H16N2O4. The normalized spacial score (nSPS) is 9.44. The zero-order chi connectivity index (χ0) is 12.6. The van der Waals surface area contributed by atoms with Gasteiger partial charge in [0.05, 0.1) is 0 Å². The Morgan fingerprint density at radius 2 is 1.75 bits per heavy atom. The lowest BCUT2D eigenvalue weighted by atomic mass is 10.1. The fourth-order valence-electron chi connectivity index (χ4n) is 1.02. The van der Waals surface area contributed by atoms with Crippen LogP contribution in [0.15, 0.2) is 24.3 Å². The fourth-order valence-corrected chi connectivity index (χ4v) is 1.02. The number of hydrogen-bond donors (Lipinski definition) is 2. The van der Waals surface area contributed by atoms with E-state index in [1.165, 1.54) is 5.56 Å². The van der Waals surface area contributed by atoms with Gasteiger partial charge in [0.1, 0.15) is 5.75 Å². The molecule has 1 aromatic rings. The van der Waals surface area contributed by atoms with Crippen molar-refractivity contribution in [3.63, 3.8) is 0 Å². The van der Waals surface area contributed by atoms with Gasteiger partial charge in [0.25, 0.3) is 5.09 Å². The first-order valence-electron chi connectivity index (χ1n) is 4.67. The summed E-state index contributed by atoms with van der Waals surface area (Å²) in [6.07, 6.45) is 1.04. The Labute approximate surface area is 93.9 Å². The average Bonchev–Trinajstić information content (AvgIpc) is 2.16. The minimum Gasteiger partial charge on any atom is -0.508 e. The van der Waals surface area contributed by atoms with Gasteiger partial charge in [0.15, 0.2) is 0 Å². The van der Waals surface area contributed by atoms with Crippen molar-refractivity contribution in [3.05, 3.63) is 39.9 Å². The average molecular weight is 228 g/mol. The summed E-state index contributed by atoms with van der Waals surface area (Å²) in [6, 6.07) is 7.37. The zero-order valence-electron chi connectivity index (χ0n) is 9.33. The molecule has 90 valence electrons. The maximum absolute atomic E-state index is 9.02. The molecule has 0 atom stereocenters. The van der Waals surface area contributed by atoms with Crippen molar-refractivity contribution in [3.8, 4) is 5.75 Å². The molecule has 0 amide bonds. The molecule has 0 fully saturated rings. The zero-order valence-corrected chi connectivity index (χ0v) is 9.33. The highest BCUT2D eigenvalue weighted by molar-refractivity contribution is 5.25. The molecule has 0 spiro atoms. The summed E-state index contributed by atoms with van der Waals surface area (Å²) in [5.41, 5.74) is 1.27. The lowest BCUT2D eigenvalue weighted by Gasteiger charge is -2.08. The predicted octanol–water partition coefficient (Wildman–Crippen LogP) is 1.15. The van der Waals surface area contributed by atoms with E-state index in [2.05, 4.69) is 19.0 Å². The van der Waals surface area contributed by atoms with Crippen LogP contribution >= 0.6 is 0 Å². The van der Waals surface area contributed by atoms with Crippen molar-refractivity contribution in [2.75, 3.05) is 20.6 Å². The third-order valence-electron chi connectivity index (χ3n) is 1.78. The van der Waals surface area contributed by atoms with Crippen LogP contribution in [0.2, 0.25) is 0 Å². The molecule has 0 saturated carbocycles. The Morgan fingerprint density at radius 1 is 1.31 bits per heavy atom. The molecule has 2 N–H and O–H groups in total. The van der Waals surface area contributed by atoms with Gasteiger partial charge >= 0.3 is 0 Å². The number of likely N-dealkylation sites (N-methyl/N-ethyl adjacent to an activating group) is 1. The van der Waals surface area contributed by atoms with Crippen molar-refractivity contribution in [1.82, 2.24) is 4.90 Å². The second-order valence-corrected chi connectivity index (χ2v) is 3.46. The SMILES string of the molecule is CN(C)CCc1ccc(O)cc1.O=[N+]([O-])O. The van der Waals surface area contributed by atoms with Crippen molar-refractivity contribution in [2.45, 2.75) is 6.42 Å². The number of phenols is 1. The molecule has 6 heteroatoms. The Balaban J connectivity index is 0.000000487. The van der Waals surface area contributed by atoms with E-state index in [1.54, 1.807) is 12.1 Å². The Bertz CT molecular complexity index is 307. The van der Waals surface area contributed by atoms with E-state index in [1.807, 2.05) is 12.1 Å². The van der Waals surface area contributed by atoms with E-state index < -0.39 is 5.09 Å². The summed E-state index contributed by atoms with van der Waals surface area (Å²) in [6.45, 7) is 1.05. The molecule has 0 aliphatic rings. The van der Waals surface area contributed by atoms with Gasteiger partial charge in [0.2, 0.25) is 0 Å². The lowest BCUT2D eigenvalue weighted by molar-refractivity contribution is -0.742. The standard InChI is InChI=1S/C10H15NO.HNO3/c1-11(2)8-7-9-3-5-10(12)6-4-9;2-1(3)4/h3-6,12H,7-8H2,1-2H3;(H,2,3,4). The van der Waals surface area contributed by atoms with Crippen LogP contribution in [0.1, 0.15) is 5.56 Å². The highest BCUT2D eigenvalue weighted by Crippen LogP contribution is 2.09. The molecule has 0 unspecified atom stereocenters. The first kappa shape index (κ1) is 14.2. The number of rotatable bonds is 3. The van der Waals surface area contributed by atoms with Gasteiger partial charge in [-0.3, -0.25) is 0 Å². The first-order valence-corrected chi connectivity index (χ1v) is 4.67. The smallest absolute Gasteiger partial charge is 0.291 e. The molecule has 0 aliphatic carbocycles. The monoisotopic (exact) mass is 228 g/mol. The van der Waals surface area contributed by atoms with Crippen LogP contribution < -0.4 is 0 Å². The van der Waals surface area contributed by atoms with Crippen LogP contribution in [-0.2, 0) is 6.42 Å². The highest BCUT2D eigenvalue weighted by atomic mass is 16.9. The maximum atomic E-state index is 9.02. The van der Waals surface area contributed by atoms with Crippen molar-refractivity contribution in [1.29, 1.82) is 0 Å². The van der Waals surface area contributed by atoms with Gasteiger partial charge in [-0.25, -0.2) is 0 Å². The Morgan fingerprint density at radius 3 is 2.12 bits per heavy atom. The molecule has 6 nitrogen and oxygen atoms in total. The van der Waals surface area contributed by atoms with Crippen molar-refractivity contribution in [2.24, 2.45) is 0 Å². The molecule has 16 heavy (non-hydrogen) atoms. The summed E-state index contributed by atoms with van der Waals surface area (Å²) >= 11 is 0. The van der Waals surface area contributed by atoms with Gasteiger partial charge in [-0.05, 0) is 38.2 Å². The third-order valence-corrected chi connectivity index (χ3v) is 1.78. The number of phenolic OH excluding ortho intramolecular Hbond substituents is 1. The molecule has 0 aromatic heterocycles. The first-order chi connectivity index (χ1) is 7.41. The second kappa shape index (κ2) is 7.47. The molecule has 0 saturated heterocycles. The van der Waals surface area contributed by atoms with E-state index in [0.29, 0.717) is 5.75 Å². The minimum atomic E-state index is -1.50. The number of nitrogens with zero attached hydrogens (tertiary/aromatic N) is 2. The maximum Gasteiger partial charge on any atom is 0.291 e. The van der Waals surface area contributed by atoms with E-state index >= 15 is 0 Å². The highest BCUT2D eigenvalue weighted by Gasteiger charge is 1.94. The topological polar surface area (TPSA) is 86.8 Å². The van der Waals surface area contributed by atoms with Crippen molar-refractivity contribution >= 4 is 0 Å². The van der Waals surface area contributed by atoms with Crippen LogP contribution in [-0.4, -0.2) is 40.9 Å². The summed E-state index contributed by atoms with van der Waals surface area (Å²) in [7, 11) is 4.11. The van der Waals surface area contributed by atoms with E-state index in [-0.39, 0.29) is 0 Å². The number of hydrogen-bond acceptors (Lipinski definition) is 4. The van der Waals surface area contributed by atoms with Crippen LogP contribution in [0.3, 0.4) is 0 Å². The predicted molar refractivity (Wildman–Crippen MR) is 59.1 cm³/mol. The van der Waals surface area contributed by atoms with Crippen LogP contribution in [0.5, 0.6) is 5.75 Å². The van der Waals surface area contributed by atoms with Crippen LogP contribution in [0.4, 0.5) is 0 Å². The molecule has 0 radical (unpaired) electrons. The fraction of sp³-hybridized carbons (Fsp3) is 0.400. The molecule has 1 aromatic carbocycles. The quantitative estimate of drug-likeness (QED) is 0.598. The Hall–Kier alpha value is -1.82. The van der Waals surface area contributed by atoms with E-state index in [9.17, 15) is 0 Å². The van der Waals surface area contributed by atoms with Gasteiger partial charge in [-0.15, -0.1) is 10.1 Å². The minimum absolute atomic E-state index is 0.337.